The first kappa shape index (κ1) is 18.4. The van der Waals surface area contributed by atoms with Crippen LogP contribution in [0.5, 0.6) is 0 Å². The highest BCUT2D eigenvalue weighted by Crippen LogP contribution is 2.23. The Morgan fingerprint density at radius 2 is 1.69 bits per heavy atom. The van der Waals surface area contributed by atoms with Gasteiger partial charge in [-0.25, -0.2) is 9.97 Å². The molecule has 2 aromatic heterocycles. The topological polar surface area (TPSA) is 102 Å². The average molecular weight is 385 g/mol. The van der Waals surface area contributed by atoms with Gasteiger partial charge in [0.1, 0.15) is 12.0 Å². The molecule has 0 aliphatic heterocycles. The Hall–Kier alpha value is -4.00. The van der Waals surface area contributed by atoms with Crippen LogP contribution in [0, 0.1) is 13.8 Å². The van der Waals surface area contributed by atoms with E-state index in [0.717, 1.165) is 16.7 Å². The van der Waals surface area contributed by atoms with Crippen molar-refractivity contribution < 1.29 is 9.59 Å². The van der Waals surface area contributed by atoms with Crippen LogP contribution in [0.25, 0.3) is 16.9 Å². The van der Waals surface area contributed by atoms with Crippen molar-refractivity contribution in [2.45, 2.75) is 13.8 Å². The van der Waals surface area contributed by atoms with E-state index in [-0.39, 0.29) is 22.9 Å². The molecule has 0 radical (unpaired) electrons. The Bertz CT molecular complexity index is 1220. The van der Waals surface area contributed by atoms with Crippen LogP contribution in [0.3, 0.4) is 0 Å². The van der Waals surface area contributed by atoms with Crippen LogP contribution >= 0.6 is 0 Å². The number of primary amides is 1. The normalized spacial score (nSPS) is 10.8. The van der Waals surface area contributed by atoms with E-state index in [0.29, 0.717) is 11.4 Å². The maximum Gasteiger partial charge on any atom is 0.274 e. The van der Waals surface area contributed by atoms with E-state index in [9.17, 15) is 9.59 Å². The Morgan fingerprint density at radius 1 is 1.00 bits per heavy atom. The van der Waals surface area contributed by atoms with Crippen molar-refractivity contribution >= 4 is 23.1 Å². The van der Waals surface area contributed by atoms with Gasteiger partial charge in [-0.3, -0.25) is 14.0 Å². The molecule has 0 bridgehead atoms. The van der Waals surface area contributed by atoms with Crippen molar-refractivity contribution in [1.29, 1.82) is 0 Å². The minimum Gasteiger partial charge on any atom is -0.364 e. The quantitative estimate of drug-likeness (QED) is 0.562. The number of rotatable bonds is 4. The third kappa shape index (κ3) is 3.58. The number of hydrogen-bond donors (Lipinski definition) is 2. The van der Waals surface area contributed by atoms with Gasteiger partial charge >= 0.3 is 0 Å². The first-order valence-corrected chi connectivity index (χ1v) is 9.05. The minimum absolute atomic E-state index is 0.0169. The molecule has 2 heterocycles. The van der Waals surface area contributed by atoms with Gasteiger partial charge in [0.2, 0.25) is 0 Å². The Kier molecular flexibility index (Phi) is 4.56. The van der Waals surface area contributed by atoms with E-state index in [1.54, 1.807) is 10.5 Å². The summed E-state index contributed by atoms with van der Waals surface area (Å²) in [5, 5.41) is 2.88. The summed E-state index contributed by atoms with van der Waals surface area (Å²) in [7, 11) is 0. The molecule has 0 saturated heterocycles. The van der Waals surface area contributed by atoms with Gasteiger partial charge in [0.15, 0.2) is 11.3 Å². The number of fused-ring (bicyclic) bond motifs is 1. The number of carbonyl (C=O) groups is 2. The van der Waals surface area contributed by atoms with E-state index in [2.05, 4.69) is 15.3 Å². The molecule has 144 valence electrons. The van der Waals surface area contributed by atoms with Crippen molar-refractivity contribution in [2.24, 2.45) is 5.73 Å². The predicted octanol–water partition coefficient (Wildman–Crippen LogP) is 3.36. The smallest absolute Gasteiger partial charge is 0.274 e. The molecular weight excluding hydrogens is 366 g/mol. The van der Waals surface area contributed by atoms with Gasteiger partial charge in [0.25, 0.3) is 11.8 Å². The molecule has 29 heavy (non-hydrogen) atoms. The zero-order chi connectivity index (χ0) is 20.5. The van der Waals surface area contributed by atoms with Gasteiger partial charge in [-0.2, -0.15) is 0 Å². The van der Waals surface area contributed by atoms with Crippen LogP contribution in [-0.4, -0.2) is 26.2 Å². The molecule has 2 aromatic carbocycles. The highest BCUT2D eigenvalue weighted by atomic mass is 16.2. The second-order valence-corrected chi connectivity index (χ2v) is 6.87. The maximum absolute atomic E-state index is 12.9. The molecule has 0 aliphatic carbocycles. The molecule has 4 rings (SSSR count). The molecule has 7 heteroatoms. The molecule has 0 aliphatic rings. The van der Waals surface area contributed by atoms with E-state index in [1.807, 2.05) is 62.4 Å². The second-order valence-electron chi connectivity index (χ2n) is 6.87. The summed E-state index contributed by atoms with van der Waals surface area (Å²) in [6, 6.07) is 17.0. The first-order valence-electron chi connectivity index (χ1n) is 9.05. The van der Waals surface area contributed by atoms with Gasteiger partial charge in [0, 0.05) is 5.69 Å². The molecule has 0 spiro atoms. The fourth-order valence-electron chi connectivity index (χ4n) is 3.33. The zero-order valence-electron chi connectivity index (χ0n) is 16.0. The summed E-state index contributed by atoms with van der Waals surface area (Å²) in [5.41, 5.74) is 10.2. The van der Waals surface area contributed by atoms with Crippen molar-refractivity contribution in [3.8, 4) is 11.3 Å². The SMILES string of the molecule is Cc1cc(C)cc(NC(=O)c2cc(-c3ccccc3)n3cnc(C(N)=O)c3n2)c1. The summed E-state index contributed by atoms with van der Waals surface area (Å²) >= 11 is 0. The molecule has 0 fully saturated rings. The van der Waals surface area contributed by atoms with Gasteiger partial charge in [-0.15, -0.1) is 0 Å². The van der Waals surface area contributed by atoms with Crippen LogP contribution in [0.4, 0.5) is 5.69 Å². The number of aryl methyl sites for hydroxylation is 2. The summed E-state index contributed by atoms with van der Waals surface area (Å²) in [4.78, 5) is 33.2. The number of aromatic nitrogens is 3. The lowest BCUT2D eigenvalue weighted by Crippen LogP contribution is -2.17. The number of benzene rings is 2. The van der Waals surface area contributed by atoms with Gasteiger partial charge < -0.3 is 11.1 Å². The van der Waals surface area contributed by atoms with E-state index >= 15 is 0 Å². The Morgan fingerprint density at radius 3 is 2.34 bits per heavy atom. The van der Waals surface area contributed by atoms with Gasteiger partial charge in [-0.05, 0) is 48.7 Å². The molecule has 3 N–H and O–H groups in total. The Balaban J connectivity index is 1.84. The fourth-order valence-corrected chi connectivity index (χ4v) is 3.33. The van der Waals surface area contributed by atoms with Crippen LogP contribution in [0.1, 0.15) is 32.1 Å². The van der Waals surface area contributed by atoms with Crippen LogP contribution in [0.2, 0.25) is 0 Å². The van der Waals surface area contributed by atoms with Crippen LogP contribution in [-0.2, 0) is 0 Å². The largest absolute Gasteiger partial charge is 0.364 e. The van der Waals surface area contributed by atoms with Crippen molar-refractivity contribution in [2.75, 3.05) is 5.32 Å². The monoisotopic (exact) mass is 385 g/mol. The lowest BCUT2D eigenvalue weighted by Gasteiger charge is -2.11. The minimum atomic E-state index is -0.703. The fraction of sp³-hybridized carbons (Fsp3) is 0.0909. The molecule has 0 saturated carbocycles. The molecular formula is C22H19N5O2. The number of nitrogens with one attached hydrogen (secondary N) is 1. The highest BCUT2D eigenvalue weighted by Gasteiger charge is 2.19. The van der Waals surface area contributed by atoms with Gasteiger partial charge in [0.05, 0.1) is 5.69 Å². The third-order valence-corrected chi connectivity index (χ3v) is 4.52. The lowest BCUT2D eigenvalue weighted by molar-refractivity contribution is 0.0993. The van der Waals surface area contributed by atoms with Gasteiger partial charge in [-0.1, -0.05) is 36.4 Å². The predicted molar refractivity (Wildman–Crippen MR) is 111 cm³/mol. The maximum atomic E-state index is 12.9. The Labute approximate surface area is 167 Å². The average Bonchev–Trinajstić information content (AvgIpc) is 3.11. The molecule has 7 nitrogen and oxygen atoms in total. The molecule has 0 unspecified atom stereocenters. The zero-order valence-corrected chi connectivity index (χ0v) is 16.0. The molecule has 4 aromatic rings. The standard InChI is InChI=1S/C22H19N5O2/c1-13-8-14(2)10-16(9-13)25-22(29)17-11-18(15-6-4-3-5-7-15)27-12-24-19(20(23)28)21(27)26-17/h3-12H,1-2H3,(H2,23,28)(H,25,29). The number of carbonyl (C=O) groups excluding carboxylic acids is 2. The summed E-state index contributed by atoms with van der Waals surface area (Å²) in [6.07, 6.45) is 1.48. The number of imidazole rings is 1. The summed E-state index contributed by atoms with van der Waals surface area (Å²) < 4.78 is 1.66. The number of anilines is 1. The number of amides is 2. The molecule has 0 atom stereocenters. The van der Waals surface area contributed by atoms with Crippen LogP contribution in [0.15, 0.2) is 60.9 Å². The number of nitrogens with two attached hydrogens (primary N) is 1. The number of hydrogen-bond acceptors (Lipinski definition) is 4. The van der Waals surface area contributed by atoms with E-state index < -0.39 is 5.91 Å². The third-order valence-electron chi connectivity index (χ3n) is 4.52. The van der Waals surface area contributed by atoms with E-state index in [4.69, 9.17) is 5.73 Å². The summed E-state index contributed by atoms with van der Waals surface area (Å²) in [5.74, 6) is -1.09. The van der Waals surface area contributed by atoms with Crippen molar-refractivity contribution in [3.63, 3.8) is 0 Å². The van der Waals surface area contributed by atoms with Crippen molar-refractivity contribution in [3.05, 3.63) is 83.4 Å². The summed E-state index contributed by atoms with van der Waals surface area (Å²) in [6.45, 7) is 3.93. The van der Waals surface area contributed by atoms with Crippen molar-refractivity contribution in [1.82, 2.24) is 14.4 Å². The van der Waals surface area contributed by atoms with E-state index in [1.165, 1.54) is 6.33 Å². The molecule has 2 amide bonds. The lowest BCUT2D eigenvalue weighted by atomic mass is 10.1. The first-order chi connectivity index (χ1) is 13.9. The highest BCUT2D eigenvalue weighted by molar-refractivity contribution is 6.05. The van der Waals surface area contributed by atoms with Crippen LogP contribution < -0.4 is 11.1 Å². The second kappa shape index (κ2) is 7.20. The number of nitrogens with zero attached hydrogens (tertiary/aromatic N) is 3.